The molecule has 0 aromatic heterocycles. The van der Waals surface area contributed by atoms with E-state index in [1.165, 1.54) is 0 Å². The summed E-state index contributed by atoms with van der Waals surface area (Å²) < 4.78 is 5.27. The van der Waals surface area contributed by atoms with Gasteiger partial charge < -0.3 is 9.84 Å². The summed E-state index contributed by atoms with van der Waals surface area (Å²) in [5.41, 5.74) is 3.77. The van der Waals surface area contributed by atoms with Crippen LogP contribution in [0.25, 0.3) is 6.08 Å². The third kappa shape index (κ3) is 3.75. The fourth-order valence-electron chi connectivity index (χ4n) is 3.14. The number of phenols is 1. The van der Waals surface area contributed by atoms with Gasteiger partial charge in [0.1, 0.15) is 23.0 Å². The maximum atomic E-state index is 13.2. The number of amides is 1. The lowest BCUT2D eigenvalue weighted by molar-refractivity contribution is -0.113. The first-order valence-electron chi connectivity index (χ1n) is 9.20. The van der Waals surface area contributed by atoms with Crippen LogP contribution in [0.4, 0.5) is 5.69 Å². The molecule has 144 valence electrons. The number of benzene rings is 3. The first-order chi connectivity index (χ1) is 14.0. The van der Waals surface area contributed by atoms with Gasteiger partial charge in [-0.3, -0.25) is 9.69 Å². The number of hydrogen-bond donors (Lipinski definition) is 1. The van der Waals surface area contributed by atoms with Gasteiger partial charge in [0.25, 0.3) is 5.91 Å². The van der Waals surface area contributed by atoms with Gasteiger partial charge in [0, 0.05) is 5.56 Å². The van der Waals surface area contributed by atoms with Crippen LogP contribution in [-0.2, 0) is 4.79 Å². The lowest BCUT2D eigenvalue weighted by Gasteiger charge is -2.18. The van der Waals surface area contributed by atoms with Crippen molar-refractivity contribution in [1.82, 2.24) is 0 Å². The summed E-state index contributed by atoms with van der Waals surface area (Å²) in [6.07, 6.45) is 1.75. The SMILES string of the molecule is COc1cccc(/C=C2/N=C(c3ccc(C)cc3)N(c3ccc(O)cc3)C2=O)c1. The zero-order valence-corrected chi connectivity index (χ0v) is 16.2. The van der Waals surface area contributed by atoms with Crippen molar-refractivity contribution in [2.24, 2.45) is 4.99 Å². The van der Waals surface area contributed by atoms with Gasteiger partial charge in [0.2, 0.25) is 0 Å². The maximum absolute atomic E-state index is 13.2. The van der Waals surface area contributed by atoms with Crippen LogP contribution in [0.2, 0.25) is 0 Å². The molecular formula is C24H20N2O3. The molecule has 1 N–H and O–H groups in total. The smallest absolute Gasteiger partial charge is 0.282 e. The van der Waals surface area contributed by atoms with E-state index in [4.69, 9.17) is 4.74 Å². The van der Waals surface area contributed by atoms with Crippen molar-refractivity contribution in [1.29, 1.82) is 0 Å². The van der Waals surface area contributed by atoms with E-state index in [1.807, 2.05) is 55.5 Å². The van der Waals surface area contributed by atoms with E-state index < -0.39 is 0 Å². The van der Waals surface area contributed by atoms with Crippen LogP contribution in [0.3, 0.4) is 0 Å². The summed E-state index contributed by atoms with van der Waals surface area (Å²) in [5.74, 6) is 1.17. The molecule has 5 heteroatoms. The van der Waals surface area contributed by atoms with E-state index in [-0.39, 0.29) is 11.7 Å². The summed E-state index contributed by atoms with van der Waals surface area (Å²) in [4.78, 5) is 19.5. The lowest BCUT2D eigenvalue weighted by atomic mass is 10.1. The van der Waals surface area contributed by atoms with Crippen molar-refractivity contribution in [2.75, 3.05) is 12.0 Å². The van der Waals surface area contributed by atoms with Gasteiger partial charge in [-0.05, 0) is 55.0 Å². The van der Waals surface area contributed by atoms with E-state index in [9.17, 15) is 9.90 Å². The molecule has 3 aromatic rings. The highest BCUT2D eigenvalue weighted by Gasteiger charge is 2.32. The van der Waals surface area contributed by atoms with Crippen molar-refractivity contribution >= 4 is 23.5 Å². The average Bonchev–Trinajstić information content (AvgIpc) is 3.05. The predicted octanol–water partition coefficient (Wildman–Crippen LogP) is 4.54. The molecule has 0 bridgehead atoms. The summed E-state index contributed by atoms with van der Waals surface area (Å²) in [6, 6.07) is 21.8. The predicted molar refractivity (Wildman–Crippen MR) is 114 cm³/mol. The number of hydrogen-bond acceptors (Lipinski definition) is 4. The number of methoxy groups -OCH3 is 1. The van der Waals surface area contributed by atoms with Crippen LogP contribution < -0.4 is 9.64 Å². The standard InChI is InChI=1S/C24H20N2O3/c1-16-6-8-18(9-7-16)23-25-22(15-17-4-3-5-21(14-17)29-2)24(28)26(23)19-10-12-20(27)13-11-19/h3-15,27H,1-2H3/b22-15+. The Hall–Kier alpha value is -3.86. The molecule has 1 aliphatic heterocycles. The average molecular weight is 384 g/mol. The van der Waals surface area contributed by atoms with Gasteiger partial charge in [-0.25, -0.2) is 4.99 Å². The fraction of sp³-hybridized carbons (Fsp3) is 0.0833. The Balaban J connectivity index is 1.81. The number of rotatable bonds is 4. The number of nitrogens with zero attached hydrogens (tertiary/aromatic N) is 2. The number of phenolic OH excluding ortho intramolecular Hbond substituents is 1. The van der Waals surface area contributed by atoms with Crippen molar-refractivity contribution in [3.05, 3.63) is 95.2 Å². The van der Waals surface area contributed by atoms with Gasteiger partial charge in [-0.1, -0.05) is 42.0 Å². The molecule has 0 spiro atoms. The van der Waals surface area contributed by atoms with Gasteiger partial charge in [-0.15, -0.1) is 0 Å². The number of carbonyl (C=O) groups is 1. The minimum absolute atomic E-state index is 0.140. The molecule has 3 aromatic carbocycles. The monoisotopic (exact) mass is 384 g/mol. The minimum Gasteiger partial charge on any atom is -0.508 e. The first-order valence-corrected chi connectivity index (χ1v) is 9.20. The number of aromatic hydroxyl groups is 1. The van der Waals surface area contributed by atoms with Gasteiger partial charge >= 0.3 is 0 Å². The lowest BCUT2D eigenvalue weighted by Crippen LogP contribution is -2.32. The van der Waals surface area contributed by atoms with Gasteiger partial charge in [-0.2, -0.15) is 0 Å². The van der Waals surface area contributed by atoms with Crippen molar-refractivity contribution in [3.8, 4) is 11.5 Å². The Morgan fingerprint density at radius 1 is 1.00 bits per heavy atom. The zero-order valence-electron chi connectivity index (χ0n) is 16.2. The van der Waals surface area contributed by atoms with Crippen LogP contribution in [0.1, 0.15) is 16.7 Å². The number of aliphatic imine (C=N–C) groups is 1. The number of aryl methyl sites for hydroxylation is 1. The third-order valence-corrected chi connectivity index (χ3v) is 4.68. The van der Waals surface area contributed by atoms with Crippen LogP contribution in [0.5, 0.6) is 11.5 Å². The first kappa shape index (κ1) is 18.5. The second kappa shape index (κ2) is 7.64. The maximum Gasteiger partial charge on any atom is 0.282 e. The van der Waals surface area contributed by atoms with Crippen LogP contribution >= 0.6 is 0 Å². The van der Waals surface area contributed by atoms with Crippen molar-refractivity contribution in [3.63, 3.8) is 0 Å². The molecule has 4 rings (SSSR count). The Kier molecular flexibility index (Phi) is 4.87. The largest absolute Gasteiger partial charge is 0.508 e. The van der Waals surface area contributed by atoms with E-state index in [1.54, 1.807) is 42.4 Å². The summed E-state index contributed by atoms with van der Waals surface area (Å²) in [7, 11) is 1.60. The van der Waals surface area contributed by atoms with E-state index >= 15 is 0 Å². The summed E-state index contributed by atoms with van der Waals surface area (Å²) >= 11 is 0. The Bertz CT molecular complexity index is 1110. The highest BCUT2D eigenvalue weighted by Crippen LogP contribution is 2.29. The Labute approximate surface area is 169 Å². The number of anilines is 1. The molecule has 0 radical (unpaired) electrons. The molecule has 0 atom stereocenters. The van der Waals surface area contributed by atoms with E-state index in [2.05, 4.69) is 4.99 Å². The molecule has 1 amide bonds. The molecule has 1 heterocycles. The van der Waals surface area contributed by atoms with Gasteiger partial charge in [0.05, 0.1) is 12.8 Å². The summed E-state index contributed by atoms with van der Waals surface area (Å²) in [6.45, 7) is 2.01. The van der Waals surface area contributed by atoms with Crippen LogP contribution in [0, 0.1) is 6.92 Å². The highest BCUT2D eigenvalue weighted by molar-refractivity contribution is 6.33. The molecule has 0 unspecified atom stereocenters. The Morgan fingerprint density at radius 2 is 1.72 bits per heavy atom. The molecule has 0 saturated heterocycles. The fourth-order valence-corrected chi connectivity index (χ4v) is 3.14. The molecule has 29 heavy (non-hydrogen) atoms. The topological polar surface area (TPSA) is 62.1 Å². The second-order valence-corrected chi connectivity index (χ2v) is 6.76. The van der Waals surface area contributed by atoms with E-state index in [0.29, 0.717) is 23.0 Å². The number of ether oxygens (including phenoxy) is 1. The highest BCUT2D eigenvalue weighted by atomic mass is 16.5. The summed E-state index contributed by atoms with van der Waals surface area (Å²) in [5, 5.41) is 9.62. The number of amidine groups is 1. The molecule has 0 saturated carbocycles. The van der Waals surface area contributed by atoms with Crippen molar-refractivity contribution in [2.45, 2.75) is 6.92 Å². The van der Waals surface area contributed by atoms with E-state index in [0.717, 1.165) is 16.7 Å². The number of carbonyl (C=O) groups excluding carboxylic acids is 1. The quantitative estimate of drug-likeness (QED) is 0.672. The van der Waals surface area contributed by atoms with Crippen LogP contribution in [-0.4, -0.2) is 24.0 Å². The minimum atomic E-state index is -0.228. The normalized spacial score (nSPS) is 15.0. The molecule has 5 nitrogen and oxygen atoms in total. The molecule has 0 aliphatic carbocycles. The molecular weight excluding hydrogens is 364 g/mol. The van der Waals surface area contributed by atoms with Gasteiger partial charge in [0.15, 0.2) is 0 Å². The molecule has 0 fully saturated rings. The van der Waals surface area contributed by atoms with Crippen molar-refractivity contribution < 1.29 is 14.6 Å². The molecule has 1 aliphatic rings. The Morgan fingerprint density at radius 3 is 2.41 bits per heavy atom. The zero-order chi connectivity index (χ0) is 20.4. The third-order valence-electron chi connectivity index (χ3n) is 4.68. The van der Waals surface area contributed by atoms with Crippen LogP contribution in [0.15, 0.2) is 83.5 Å². The second-order valence-electron chi connectivity index (χ2n) is 6.76.